The minimum atomic E-state index is 0.719. The largest absolute Gasteiger partial charge is 0.0840 e. The van der Waals surface area contributed by atoms with Crippen molar-refractivity contribution in [2.75, 3.05) is 0 Å². The van der Waals surface area contributed by atoms with E-state index in [4.69, 9.17) is 11.6 Å². The van der Waals surface area contributed by atoms with Crippen LogP contribution < -0.4 is 0 Å². The molecule has 2 radical (unpaired) electrons. The van der Waals surface area contributed by atoms with E-state index in [0.29, 0.717) is 0 Å². The van der Waals surface area contributed by atoms with Crippen LogP contribution in [0.15, 0.2) is 24.3 Å². The lowest BCUT2D eigenvalue weighted by atomic mass is 10.2. The van der Waals surface area contributed by atoms with E-state index in [1.54, 1.807) is 12.1 Å². The van der Waals surface area contributed by atoms with E-state index in [0.717, 1.165) is 10.6 Å². The molecule has 1 aromatic carbocycles. The van der Waals surface area contributed by atoms with Gasteiger partial charge in [0.05, 0.1) is 0 Å². The van der Waals surface area contributed by atoms with E-state index in [1.807, 2.05) is 19.1 Å². The molecule has 0 spiro atoms. The van der Waals surface area contributed by atoms with E-state index < -0.39 is 0 Å². The molecule has 0 nitrogen and oxygen atoms in total. The van der Waals surface area contributed by atoms with Gasteiger partial charge in [-0.25, -0.2) is 0 Å². The predicted octanol–water partition coefficient (Wildman–Crippen LogP) is 2.89. The van der Waals surface area contributed by atoms with Crippen molar-refractivity contribution >= 4 is 16.6 Å². The second-order valence-corrected chi connectivity index (χ2v) is 2.25. The van der Waals surface area contributed by atoms with Crippen molar-refractivity contribution in [2.24, 2.45) is 0 Å². The van der Waals surface area contributed by atoms with Gasteiger partial charge in [-0.3, -0.25) is 0 Å². The van der Waals surface area contributed by atoms with Crippen LogP contribution in [0, 0.1) is 12.1 Å². The Kier molecular flexibility index (Phi) is 2.52. The second-order valence-electron chi connectivity index (χ2n) is 1.84. The van der Waals surface area contributed by atoms with E-state index in [-0.39, 0.29) is 0 Å². The molecule has 0 bridgehead atoms. The second kappa shape index (κ2) is 3.43. The monoisotopic (exact) mass is 150 g/mol. The van der Waals surface area contributed by atoms with E-state index in [9.17, 15) is 0 Å². The van der Waals surface area contributed by atoms with Crippen LogP contribution in [-0.2, 0) is 0 Å². The molecule has 1 rings (SSSR count). The molecule has 0 saturated heterocycles. The quantitative estimate of drug-likeness (QED) is 0.578. The smallest absolute Gasteiger partial charge is 0.0442 e. The van der Waals surface area contributed by atoms with Gasteiger partial charge in [-0.1, -0.05) is 29.8 Å². The lowest BCUT2D eigenvalue weighted by Crippen LogP contribution is -1.73. The zero-order valence-electron chi connectivity index (χ0n) is 5.69. The highest BCUT2D eigenvalue weighted by molar-refractivity contribution is 6.48. The summed E-state index contributed by atoms with van der Waals surface area (Å²) in [4.78, 5) is 0. The fourth-order valence-electron chi connectivity index (χ4n) is 0.646. The summed E-state index contributed by atoms with van der Waals surface area (Å²) < 4.78 is 0. The van der Waals surface area contributed by atoms with Crippen molar-refractivity contribution in [3.63, 3.8) is 0 Å². The lowest BCUT2D eigenvalue weighted by Gasteiger charge is -1.93. The molecule has 0 fully saturated rings. The molecule has 1 heteroatoms. The number of rotatable bonds is 1. The predicted molar refractivity (Wildman–Crippen MR) is 43.6 cm³/mol. The summed E-state index contributed by atoms with van der Waals surface area (Å²) in [5, 5.41) is 0.719. The zero-order chi connectivity index (χ0) is 7.40. The van der Waals surface area contributed by atoms with E-state index in [2.05, 4.69) is 12.1 Å². The summed E-state index contributed by atoms with van der Waals surface area (Å²) in [6, 6.07) is 11.3. The fourth-order valence-corrected chi connectivity index (χ4v) is 0.755. The first-order valence-electron chi connectivity index (χ1n) is 3.04. The van der Waals surface area contributed by atoms with Crippen LogP contribution in [0.2, 0.25) is 0 Å². The molecule has 1 aromatic rings. The Morgan fingerprint density at radius 1 is 1.60 bits per heavy atom. The van der Waals surface area contributed by atoms with Gasteiger partial charge in [-0.05, 0) is 25.1 Å². The van der Waals surface area contributed by atoms with Gasteiger partial charge >= 0.3 is 0 Å². The standard InChI is InChI=1S/C9H7Cl/c1-2-9(10)8-6-4-3-5-7-8/h2-4,7H,1H3/b9-2-. The highest BCUT2D eigenvalue weighted by Crippen LogP contribution is 2.16. The molecular weight excluding hydrogens is 144 g/mol. The lowest BCUT2D eigenvalue weighted by molar-refractivity contribution is 1.60. The topological polar surface area (TPSA) is 0 Å². The first-order chi connectivity index (χ1) is 4.84. The third-order valence-electron chi connectivity index (χ3n) is 1.16. The fraction of sp³-hybridized carbons (Fsp3) is 0.111. The highest BCUT2D eigenvalue weighted by atomic mass is 35.5. The highest BCUT2D eigenvalue weighted by Gasteiger charge is 1.92. The first-order valence-corrected chi connectivity index (χ1v) is 3.42. The summed E-state index contributed by atoms with van der Waals surface area (Å²) >= 11 is 5.80. The third-order valence-corrected chi connectivity index (χ3v) is 1.58. The molecule has 10 heavy (non-hydrogen) atoms. The molecule has 0 amide bonds. The maximum absolute atomic E-state index is 5.80. The van der Waals surface area contributed by atoms with Crippen molar-refractivity contribution in [2.45, 2.75) is 6.92 Å². The van der Waals surface area contributed by atoms with Crippen LogP contribution in [0.4, 0.5) is 0 Å². The van der Waals surface area contributed by atoms with Crippen LogP contribution in [0.25, 0.3) is 5.03 Å². The summed E-state index contributed by atoms with van der Waals surface area (Å²) in [5.41, 5.74) is 0.895. The minimum absolute atomic E-state index is 0.719. The maximum atomic E-state index is 5.80. The molecule has 0 N–H and O–H groups in total. The summed E-state index contributed by atoms with van der Waals surface area (Å²) in [6.07, 6.45) is 1.83. The molecular formula is C9H7Cl. The first kappa shape index (κ1) is 7.36. The molecule has 0 saturated carbocycles. The summed E-state index contributed by atoms with van der Waals surface area (Å²) in [6.45, 7) is 1.89. The van der Waals surface area contributed by atoms with Crippen LogP contribution in [-0.4, -0.2) is 0 Å². The van der Waals surface area contributed by atoms with Gasteiger partial charge in [-0.2, -0.15) is 0 Å². The third kappa shape index (κ3) is 1.61. The van der Waals surface area contributed by atoms with Gasteiger partial charge in [0.25, 0.3) is 0 Å². The molecule has 0 aliphatic rings. The van der Waals surface area contributed by atoms with Gasteiger partial charge in [0, 0.05) is 10.6 Å². The van der Waals surface area contributed by atoms with E-state index in [1.165, 1.54) is 0 Å². The summed E-state index contributed by atoms with van der Waals surface area (Å²) in [5.74, 6) is 0. The Morgan fingerprint density at radius 3 is 2.90 bits per heavy atom. The van der Waals surface area contributed by atoms with E-state index >= 15 is 0 Å². The van der Waals surface area contributed by atoms with Crippen molar-refractivity contribution < 1.29 is 0 Å². The number of benzene rings is 1. The minimum Gasteiger partial charge on any atom is -0.0840 e. The van der Waals surface area contributed by atoms with Gasteiger partial charge < -0.3 is 0 Å². The van der Waals surface area contributed by atoms with Crippen LogP contribution in [0.1, 0.15) is 12.5 Å². The molecule has 0 atom stereocenters. The molecule has 50 valence electrons. The van der Waals surface area contributed by atoms with Gasteiger partial charge in [0.2, 0.25) is 0 Å². The Morgan fingerprint density at radius 2 is 2.40 bits per heavy atom. The Bertz CT molecular complexity index is 224. The van der Waals surface area contributed by atoms with Gasteiger partial charge in [0.1, 0.15) is 0 Å². The Labute approximate surface area is 66.1 Å². The van der Waals surface area contributed by atoms with Gasteiger partial charge in [-0.15, -0.1) is 0 Å². The molecule has 0 aliphatic heterocycles. The SMILES string of the molecule is C/C=C(\Cl)c1[c]cc[c]c1. The average molecular weight is 151 g/mol. The molecule has 0 heterocycles. The Hall–Kier alpha value is -0.750. The number of halogens is 1. The van der Waals surface area contributed by atoms with Gasteiger partial charge in [0.15, 0.2) is 0 Å². The van der Waals surface area contributed by atoms with Crippen LogP contribution in [0.3, 0.4) is 0 Å². The van der Waals surface area contributed by atoms with Crippen molar-refractivity contribution in [1.29, 1.82) is 0 Å². The Balaban J connectivity index is 2.96. The van der Waals surface area contributed by atoms with Crippen LogP contribution in [0.5, 0.6) is 0 Å². The number of hydrogen-bond acceptors (Lipinski definition) is 0. The normalized spacial score (nSPS) is 11.6. The van der Waals surface area contributed by atoms with Crippen LogP contribution >= 0.6 is 11.6 Å². The summed E-state index contributed by atoms with van der Waals surface area (Å²) in [7, 11) is 0. The zero-order valence-corrected chi connectivity index (χ0v) is 6.44. The average Bonchev–Trinajstić information content (AvgIpc) is 2.05. The molecule has 0 aliphatic carbocycles. The number of hydrogen-bond donors (Lipinski definition) is 0. The van der Waals surface area contributed by atoms with Crippen molar-refractivity contribution in [3.8, 4) is 0 Å². The molecule has 0 unspecified atom stereocenters. The van der Waals surface area contributed by atoms with Crippen molar-refractivity contribution in [3.05, 3.63) is 42.0 Å². The molecule has 0 aromatic heterocycles. The maximum Gasteiger partial charge on any atom is 0.0442 e. The van der Waals surface area contributed by atoms with Crippen molar-refractivity contribution in [1.82, 2.24) is 0 Å². The number of allylic oxidation sites excluding steroid dienone is 1.